The van der Waals surface area contributed by atoms with Gasteiger partial charge in [-0.15, -0.1) is 0 Å². The van der Waals surface area contributed by atoms with Gasteiger partial charge < -0.3 is 14.8 Å². The Morgan fingerprint density at radius 1 is 1.12 bits per heavy atom. The van der Waals surface area contributed by atoms with Gasteiger partial charge in [0.2, 0.25) is 0 Å². The minimum absolute atomic E-state index is 0.00541. The molecule has 0 aromatic heterocycles. The second kappa shape index (κ2) is 8.39. The zero-order valence-electron chi connectivity index (χ0n) is 14.8. The smallest absolute Gasteiger partial charge is 0.258 e. The van der Waals surface area contributed by atoms with Crippen molar-refractivity contribution in [3.8, 4) is 11.5 Å². The Morgan fingerprint density at radius 2 is 1.79 bits per heavy atom. The van der Waals surface area contributed by atoms with E-state index in [0.717, 1.165) is 28.9 Å². The first-order valence-corrected chi connectivity index (χ1v) is 8.16. The summed E-state index contributed by atoms with van der Waals surface area (Å²) < 4.78 is 11.0. The normalized spacial score (nSPS) is 11.7. The standard InChI is InChI=1S/C20H25NO3/c1-5-18(17-8-6-7-9-19(17)23-4)21-20(22)13-24-16-11-14(2)10-15(3)12-16/h6-12,18H,5,13H2,1-4H3,(H,21,22). The number of carbonyl (C=O) groups excluding carboxylic acids is 1. The van der Waals surface area contributed by atoms with Crippen molar-refractivity contribution in [2.45, 2.75) is 33.2 Å². The second-order valence-electron chi connectivity index (χ2n) is 5.88. The summed E-state index contributed by atoms with van der Waals surface area (Å²) in [5.41, 5.74) is 3.21. The van der Waals surface area contributed by atoms with Crippen LogP contribution in [0.15, 0.2) is 42.5 Å². The van der Waals surface area contributed by atoms with Gasteiger partial charge in [0.05, 0.1) is 13.2 Å². The van der Waals surface area contributed by atoms with E-state index in [1.807, 2.05) is 57.2 Å². The van der Waals surface area contributed by atoms with Crippen molar-refractivity contribution < 1.29 is 14.3 Å². The number of amides is 1. The molecule has 0 aliphatic heterocycles. The largest absolute Gasteiger partial charge is 0.496 e. The maximum atomic E-state index is 12.3. The van der Waals surface area contributed by atoms with Crippen molar-refractivity contribution in [1.29, 1.82) is 0 Å². The number of carbonyl (C=O) groups is 1. The van der Waals surface area contributed by atoms with Crippen LogP contribution in [0, 0.1) is 13.8 Å². The number of hydrogen-bond donors (Lipinski definition) is 1. The number of rotatable bonds is 7. The lowest BCUT2D eigenvalue weighted by Gasteiger charge is -2.20. The minimum Gasteiger partial charge on any atom is -0.496 e. The maximum Gasteiger partial charge on any atom is 0.258 e. The molecule has 0 aliphatic rings. The molecule has 0 aliphatic carbocycles. The lowest BCUT2D eigenvalue weighted by Crippen LogP contribution is -2.32. The molecule has 4 nitrogen and oxygen atoms in total. The van der Waals surface area contributed by atoms with Gasteiger partial charge in [0, 0.05) is 5.56 Å². The number of benzene rings is 2. The van der Waals surface area contributed by atoms with Gasteiger partial charge in [-0.2, -0.15) is 0 Å². The molecular formula is C20H25NO3. The summed E-state index contributed by atoms with van der Waals surface area (Å²) >= 11 is 0. The van der Waals surface area contributed by atoms with E-state index in [0.29, 0.717) is 5.75 Å². The van der Waals surface area contributed by atoms with Gasteiger partial charge in [0.15, 0.2) is 6.61 Å². The van der Waals surface area contributed by atoms with Gasteiger partial charge >= 0.3 is 0 Å². The predicted octanol–water partition coefficient (Wildman–Crippen LogP) is 3.96. The Kier molecular flexibility index (Phi) is 6.24. The molecule has 2 rings (SSSR count). The van der Waals surface area contributed by atoms with Crippen LogP contribution in [0.2, 0.25) is 0 Å². The summed E-state index contributed by atoms with van der Waals surface area (Å²) in [5.74, 6) is 1.35. The molecular weight excluding hydrogens is 302 g/mol. The molecule has 128 valence electrons. The summed E-state index contributed by atoms with van der Waals surface area (Å²) in [6, 6.07) is 13.6. The average Bonchev–Trinajstić information content (AvgIpc) is 2.57. The van der Waals surface area contributed by atoms with E-state index in [4.69, 9.17) is 9.47 Å². The number of hydrogen-bond acceptors (Lipinski definition) is 3. The lowest BCUT2D eigenvalue weighted by molar-refractivity contribution is -0.123. The van der Waals surface area contributed by atoms with Crippen molar-refractivity contribution in [1.82, 2.24) is 5.32 Å². The Labute approximate surface area is 143 Å². The molecule has 4 heteroatoms. The summed E-state index contributed by atoms with van der Waals surface area (Å²) in [4.78, 5) is 12.3. The number of methoxy groups -OCH3 is 1. The molecule has 24 heavy (non-hydrogen) atoms. The molecule has 1 N–H and O–H groups in total. The Hall–Kier alpha value is -2.49. The number of aryl methyl sites for hydroxylation is 2. The fourth-order valence-electron chi connectivity index (χ4n) is 2.76. The highest BCUT2D eigenvalue weighted by molar-refractivity contribution is 5.78. The topological polar surface area (TPSA) is 47.6 Å². The summed E-state index contributed by atoms with van der Waals surface area (Å²) in [7, 11) is 1.64. The van der Waals surface area contributed by atoms with Crippen molar-refractivity contribution >= 4 is 5.91 Å². The summed E-state index contributed by atoms with van der Waals surface area (Å²) in [6.45, 7) is 6.04. The predicted molar refractivity (Wildman–Crippen MR) is 95.6 cm³/mol. The van der Waals surface area contributed by atoms with Crippen LogP contribution in [-0.4, -0.2) is 19.6 Å². The van der Waals surface area contributed by atoms with Crippen LogP contribution < -0.4 is 14.8 Å². The van der Waals surface area contributed by atoms with E-state index in [-0.39, 0.29) is 18.6 Å². The Balaban J connectivity index is 1.99. The first-order chi connectivity index (χ1) is 11.5. The molecule has 1 amide bonds. The molecule has 0 radical (unpaired) electrons. The number of ether oxygens (including phenoxy) is 2. The van der Waals surface area contributed by atoms with Crippen LogP contribution in [0.1, 0.15) is 36.1 Å². The highest BCUT2D eigenvalue weighted by atomic mass is 16.5. The van der Waals surface area contributed by atoms with Crippen LogP contribution in [0.25, 0.3) is 0 Å². The minimum atomic E-state index is -0.146. The van der Waals surface area contributed by atoms with Crippen molar-refractivity contribution in [2.75, 3.05) is 13.7 Å². The van der Waals surface area contributed by atoms with E-state index in [2.05, 4.69) is 11.4 Å². The molecule has 0 heterocycles. The molecule has 0 fully saturated rings. The monoisotopic (exact) mass is 327 g/mol. The molecule has 0 saturated carbocycles. The average molecular weight is 327 g/mol. The van der Waals surface area contributed by atoms with E-state index in [1.165, 1.54) is 0 Å². The van der Waals surface area contributed by atoms with Crippen molar-refractivity contribution in [2.24, 2.45) is 0 Å². The van der Waals surface area contributed by atoms with Gasteiger partial charge in [-0.3, -0.25) is 4.79 Å². The Bertz CT molecular complexity index is 677. The number of para-hydroxylation sites is 1. The molecule has 2 aromatic rings. The fourth-order valence-corrected chi connectivity index (χ4v) is 2.76. The molecule has 1 atom stereocenters. The zero-order chi connectivity index (χ0) is 17.5. The molecule has 2 aromatic carbocycles. The van der Waals surface area contributed by atoms with Gasteiger partial charge in [0.1, 0.15) is 11.5 Å². The summed E-state index contributed by atoms with van der Waals surface area (Å²) in [5, 5.41) is 3.01. The highest BCUT2D eigenvalue weighted by Gasteiger charge is 2.16. The molecule has 0 bridgehead atoms. The van der Waals surface area contributed by atoms with E-state index >= 15 is 0 Å². The molecule has 0 saturated heterocycles. The molecule has 1 unspecified atom stereocenters. The third-order valence-corrected chi connectivity index (χ3v) is 3.82. The van der Waals surface area contributed by atoms with Gasteiger partial charge in [-0.1, -0.05) is 31.2 Å². The Morgan fingerprint density at radius 3 is 2.42 bits per heavy atom. The van der Waals surface area contributed by atoms with E-state index < -0.39 is 0 Å². The third kappa shape index (κ3) is 4.75. The third-order valence-electron chi connectivity index (χ3n) is 3.82. The lowest BCUT2D eigenvalue weighted by atomic mass is 10.0. The van der Waals surface area contributed by atoms with Gasteiger partial charge in [0.25, 0.3) is 5.91 Å². The van der Waals surface area contributed by atoms with E-state index in [1.54, 1.807) is 7.11 Å². The fraction of sp³-hybridized carbons (Fsp3) is 0.350. The van der Waals surface area contributed by atoms with Crippen molar-refractivity contribution in [3.05, 3.63) is 59.2 Å². The first-order valence-electron chi connectivity index (χ1n) is 8.16. The van der Waals surface area contributed by atoms with Crippen LogP contribution >= 0.6 is 0 Å². The van der Waals surface area contributed by atoms with Crippen molar-refractivity contribution in [3.63, 3.8) is 0 Å². The zero-order valence-corrected chi connectivity index (χ0v) is 14.8. The summed E-state index contributed by atoms with van der Waals surface area (Å²) in [6.07, 6.45) is 0.773. The SMILES string of the molecule is CCC(NC(=O)COc1cc(C)cc(C)c1)c1ccccc1OC. The first kappa shape index (κ1) is 17.9. The van der Waals surface area contributed by atoms with Crippen LogP contribution in [0.5, 0.6) is 11.5 Å². The second-order valence-corrected chi connectivity index (χ2v) is 5.88. The highest BCUT2D eigenvalue weighted by Crippen LogP contribution is 2.26. The maximum absolute atomic E-state index is 12.3. The van der Waals surface area contributed by atoms with Crippen LogP contribution in [-0.2, 0) is 4.79 Å². The van der Waals surface area contributed by atoms with Crippen LogP contribution in [0.4, 0.5) is 0 Å². The molecule has 0 spiro atoms. The van der Waals surface area contributed by atoms with Crippen LogP contribution in [0.3, 0.4) is 0 Å². The number of nitrogens with one attached hydrogen (secondary N) is 1. The van der Waals surface area contributed by atoms with Gasteiger partial charge in [-0.05, 0) is 49.6 Å². The van der Waals surface area contributed by atoms with Gasteiger partial charge in [-0.25, -0.2) is 0 Å². The van der Waals surface area contributed by atoms with E-state index in [9.17, 15) is 4.79 Å². The quantitative estimate of drug-likeness (QED) is 0.837.